The number of hydrogen-bond donors (Lipinski definition) is 0. The lowest BCUT2D eigenvalue weighted by Gasteiger charge is -2.27. The zero-order chi connectivity index (χ0) is 27.5. The van der Waals surface area contributed by atoms with Gasteiger partial charge in [-0.1, -0.05) is 18.2 Å². The number of benzene rings is 2. The van der Waals surface area contributed by atoms with Crippen LogP contribution in [-0.2, 0) is 17.8 Å². The molecule has 0 radical (unpaired) electrons. The molecule has 0 aliphatic carbocycles. The van der Waals surface area contributed by atoms with Crippen LogP contribution in [0.1, 0.15) is 20.8 Å². The molecule has 0 N–H and O–H groups in total. The van der Waals surface area contributed by atoms with Gasteiger partial charge in [-0.05, 0) is 47.7 Å². The summed E-state index contributed by atoms with van der Waals surface area (Å²) < 4.78 is 21.4. The molecular weight excluding hydrogens is 504 g/mol. The van der Waals surface area contributed by atoms with Gasteiger partial charge in [-0.2, -0.15) is 0 Å². The minimum Gasteiger partial charge on any atom is -0.497 e. The Morgan fingerprint density at radius 2 is 1.66 bits per heavy atom. The summed E-state index contributed by atoms with van der Waals surface area (Å²) in [4.78, 5) is 31.4. The Morgan fingerprint density at radius 1 is 0.895 bits per heavy atom. The lowest BCUT2D eigenvalue weighted by atomic mass is 10.1. The molecule has 0 bridgehead atoms. The fraction of sp³-hybridized carbons (Fsp3) is 0.310. The highest BCUT2D eigenvalue weighted by molar-refractivity contribution is 7.09. The van der Waals surface area contributed by atoms with Gasteiger partial charge in [0, 0.05) is 24.0 Å². The van der Waals surface area contributed by atoms with Crippen molar-refractivity contribution in [2.24, 2.45) is 0 Å². The van der Waals surface area contributed by atoms with Crippen molar-refractivity contribution < 1.29 is 28.5 Å². The molecule has 0 atom stereocenters. The van der Waals surface area contributed by atoms with Crippen molar-refractivity contribution in [3.63, 3.8) is 0 Å². The normalized spacial score (nSPS) is 10.4. The molecule has 1 heterocycles. The number of thiophene rings is 1. The first-order valence-electron chi connectivity index (χ1n) is 12.1. The third-order valence-corrected chi connectivity index (χ3v) is 6.86. The van der Waals surface area contributed by atoms with Crippen LogP contribution in [0.25, 0.3) is 0 Å². The minimum atomic E-state index is -0.325. The Labute approximate surface area is 228 Å². The standard InChI is InChI=1S/C29H34N2O6S/c1-6-14-31(29(33)24-11-10-22(34-2)18-26(24)36-4)20-28(32)30(19-23-8-7-16-38-23)15-13-21-9-12-25(35-3)27(17-21)37-5/h6-12,16-18H,1,13-15,19-20H2,2-5H3. The molecule has 2 aromatic carbocycles. The Kier molecular flexibility index (Phi) is 10.6. The molecule has 202 valence electrons. The van der Waals surface area contributed by atoms with Crippen molar-refractivity contribution in [1.82, 2.24) is 9.80 Å². The maximum Gasteiger partial charge on any atom is 0.258 e. The van der Waals surface area contributed by atoms with Gasteiger partial charge in [0.25, 0.3) is 5.91 Å². The monoisotopic (exact) mass is 538 g/mol. The number of amides is 2. The Hall–Kier alpha value is -3.98. The summed E-state index contributed by atoms with van der Waals surface area (Å²) in [5.74, 6) is 1.74. The summed E-state index contributed by atoms with van der Waals surface area (Å²) in [6.07, 6.45) is 2.22. The van der Waals surface area contributed by atoms with Crippen molar-refractivity contribution in [3.8, 4) is 23.0 Å². The summed E-state index contributed by atoms with van der Waals surface area (Å²) in [5, 5.41) is 1.98. The van der Waals surface area contributed by atoms with Crippen molar-refractivity contribution in [1.29, 1.82) is 0 Å². The number of nitrogens with zero attached hydrogens (tertiary/aromatic N) is 2. The van der Waals surface area contributed by atoms with Gasteiger partial charge in [0.2, 0.25) is 5.91 Å². The molecule has 0 spiro atoms. The van der Waals surface area contributed by atoms with Crippen LogP contribution in [0.5, 0.6) is 23.0 Å². The van der Waals surface area contributed by atoms with Crippen LogP contribution in [0, 0.1) is 0 Å². The molecule has 9 heteroatoms. The Bertz CT molecular complexity index is 1230. The van der Waals surface area contributed by atoms with Crippen molar-refractivity contribution in [2.75, 3.05) is 48.1 Å². The molecule has 38 heavy (non-hydrogen) atoms. The predicted octanol–water partition coefficient (Wildman–Crippen LogP) is 4.68. The highest BCUT2D eigenvalue weighted by Crippen LogP contribution is 2.28. The topological polar surface area (TPSA) is 77.5 Å². The fourth-order valence-corrected chi connectivity index (χ4v) is 4.69. The van der Waals surface area contributed by atoms with Crippen LogP contribution in [0.4, 0.5) is 0 Å². The number of ether oxygens (including phenoxy) is 4. The maximum absolute atomic E-state index is 13.6. The molecule has 0 saturated heterocycles. The van der Waals surface area contributed by atoms with Gasteiger partial charge in [0.15, 0.2) is 11.5 Å². The van der Waals surface area contributed by atoms with Crippen molar-refractivity contribution >= 4 is 23.2 Å². The van der Waals surface area contributed by atoms with E-state index in [9.17, 15) is 9.59 Å². The van der Waals surface area contributed by atoms with Crippen LogP contribution in [0.3, 0.4) is 0 Å². The fourth-order valence-electron chi connectivity index (χ4n) is 3.97. The number of methoxy groups -OCH3 is 4. The SMILES string of the molecule is C=CCN(CC(=O)N(CCc1ccc(OC)c(OC)c1)Cc1cccs1)C(=O)c1ccc(OC)cc1OC. The van der Waals surface area contributed by atoms with Gasteiger partial charge in [-0.15, -0.1) is 17.9 Å². The Balaban J connectivity index is 1.80. The van der Waals surface area contributed by atoms with Crippen LogP contribution in [0.15, 0.2) is 66.6 Å². The highest BCUT2D eigenvalue weighted by atomic mass is 32.1. The highest BCUT2D eigenvalue weighted by Gasteiger charge is 2.24. The summed E-state index contributed by atoms with van der Waals surface area (Å²) in [6.45, 7) is 4.80. The average Bonchev–Trinajstić information content (AvgIpc) is 3.47. The molecule has 0 aliphatic heterocycles. The molecule has 2 amide bonds. The third kappa shape index (κ3) is 7.29. The smallest absolute Gasteiger partial charge is 0.258 e. The molecule has 0 unspecified atom stereocenters. The van der Waals surface area contributed by atoms with Crippen molar-refractivity contribution in [3.05, 3.63) is 82.6 Å². The largest absolute Gasteiger partial charge is 0.497 e. The second-order valence-electron chi connectivity index (χ2n) is 8.37. The lowest BCUT2D eigenvalue weighted by Crippen LogP contribution is -2.43. The predicted molar refractivity (Wildman–Crippen MR) is 149 cm³/mol. The summed E-state index contributed by atoms with van der Waals surface area (Å²) >= 11 is 1.59. The maximum atomic E-state index is 13.6. The number of carbonyl (C=O) groups excluding carboxylic acids is 2. The molecule has 3 aromatic rings. The van der Waals surface area contributed by atoms with Crippen LogP contribution in [-0.4, -0.2) is 69.7 Å². The van der Waals surface area contributed by atoms with E-state index in [0.29, 0.717) is 48.1 Å². The third-order valence-electron chi connectivity index (χ3n) is 6.00. The lowest BCUT2D eigenvalue weighted by molar-refractivity contribution is -0.132. The number of carbonyl (C=O) groups is 2. The zero-order valence-corrected chi connectivity index (χ0v) is 23.1. The van der Waals surface area contributed by atoms with E-state index < -0.39 is 0 Å². The van der Waals surface area contributed by atoms with Gasteiger partial charge in [0.05, 0.1) is 40.5 Å². The van der Waals surface area contributed by atoms with Gasteiger partial charge >= 0.3 is 0 Å². The van der Waals surface area contributed by atoms with E-state index >= 15 is 0 Å². The van der Waals surface area contributed by atoms with Gasteiger partial charge in [0.1, 0.15) is 18.0 Å². The molecule has 0 saturated carbocycles. The van der Waals surface area contributed by atoms with Gasteiger partial charge < -0.3 is 28.7 Å². The first kappa shape index (κ1) is 28.6. The van der Waals surface area contributed by atoms with Crippen LogP contribution < -0.4 is 18.9 Å². The molecule has 1 aromatic heterocycles. The van der Waals surface area contributed by atoms with E-state index in [0.717, 1.165) is 10.4 Å². The molecule has 0 fully saturated rings. The summed E-state index contributed by atoms with van der Waals surface area (Å²) in [5.41, 5.74) is 1.35. The molecular formula is C29H34N2O6S. The molecule has 0 aliphatic rings. The molecule has 3 rings (SSSR count). The number of rotatable bonds is 14. The van der Waals surface area contributed by atoms with Crippen LogP contribution in [0.2, 0.25) is 0 Å². The van der Waals surface area contributed by atoms with E-state index in [4.69, 9.17) is 18.9 Å². The van der Waals surface area contributed by atoms with Gasteiger partial charge in [-0.3, -0.25) is 9.59 Å². The quantitative estimate of drug-likeness (QED) is 0.277. The van der Waals surface area contributed by atoms with Gasteiger partial charge in [-0.25, -0.2) is 0 Å². The number of hydrogen-bond acceptors (Lipinski definition) is 7. The van der Waals surface area contributed by atoms with Crippen LogP contribution >= 0.6 is 11.3 Å². The van der Waals surface area contributed by atoms with E-state index in [-0.39, 0.29) is 24.9 Å². The minimum absolute atomic E-state index is 0.0999. The van der Waals surface area contributed by atoms with E-state index in [1.54, 1.807) is 61.8 Å². The van der Waals surface area contributed by atoms with E-state index in [2.05, 4.69) is 6.58 Å². The van der Waals surface area contributed by atoms with Crippen molar-refractivity contribution in [2.45, 2.75) is 13.0 Å². The first-order valence-corrected chi connectivity index (χ1v) is 12.9. The summed E-state index contributed by atoms with van der Waals surface area (Å²) in [6, 6.07) is 14.7. The first-order chi connectivity index (χ1) is 18.4. The van der Waals surface area contributed by atoms with E-state index in [1.165, 1.54) is 12.0 Å². The second kappa shape index (κ2) is 14.1. The molecule has 8 nitrogen and oxygen atoms in total. The van der Waals surface area contributed by atoms with E-state index in [1.807, 2.05) is 35.7 Å². The average molecular weight is 539 g/mol. The second-order valence-corrected chi connectivity index (χ2v) is 9.41. The summed E-state index contributed by atoms with van der Waals surface area (Å²) in [7, 11) is 6.22. The zero-order valence-electron chi connectivity index (χ0n) is 22.3. The Morgan fingerprint density at radius 3 is 2.29 bits per heavy atom.